The Balaban J connectivity index is 0. The molecule has 1 aromatic carbocycles. The number of benzene rings is 1. The molecule has 0 spiro atoms. The van der Waals surface area contributed by atoms with Crippen LogP contribution in [-0.2, 0) is 6.54 Å². The van der Waals surface area contributed by atoms with E-state index < -0.39 is 0 Å². The first-order valence-electron chi connectivity index (χ1n) is 9.74. The lowest BCUT2D eigenvalue weighted by Gasteiger charge is -2.09. The quantitative estimate of drug-likeness (QED) is 0.581. The average Bonchev–Trinajstić information content (AvgIpc) is 2.63. The van der Waals surface area contributed by atoms with E-state index in [1.807, 2.05) is 52.0 Å². The molecule has 3 heteroatoms. The molecule has 0 aliphatic heterocycles. The predicted molar refractivity (Wildman–Crippen MR) is 108 cm³/mol. The highest BCUT2D eigenvalue weighted by molar-refractivity contribution is 5.94. The highest BCUT2D eigenvalue weighted by Crippen LogP contribution is 2.05. The molecule has 1 aromatic rings. The molecular formula is C21H40N2O. The molecule has 1 rings (SSSR count). The maximum absolute atomic E-state index is 11.9. The van der Waals surface area contributed by atoms with Crippen LogP contribution in [0.2, 0.25) is 0 Å². The summed E-state index contributed by atoms with van der Waals surface area (Å²) in [4.78, 5) is 11.9. The summed E-state index contributed by atoms with van der Waals surface area (Å²) in [7, 11) is 0. The van der Waals surface area contributed by atoms with E-state index in [-0.39, 0.29) is 5.91 Å². The lowest BCUT2D eigenvalue weighted by molar-refractivity contribution is 0.0953. The first kappa shape index (κ1) is 24.9. The van der Waals surface area contributed by atoms with Gasteiger partial charge in [-0.25, -0.2) is 0 Å². The number of carbonyl (C=O) groups excluding carboxylic acids is 1. The van der Waals surface area contributed by atoms with E-state index in [1.54, 1.807) is 0 Å². The molecule has 1 amide bonds. The molecule has 0 heterocycles. The maximum Gasteiger partial charge on any atom is 0.251 e. The van der Waals surface area contributed by atoms with Crippen molar-refractivity contribution in [2.24, 2.45) is 0 Å². The Bertz CT molecular complexity index is 385. The monoisotopic (exact) mass is 336 g/mol. The fraction of sp³-hybridized carbons (Fsp3) is 0.667. The van der Waals surface area contributed by atoms with Gasteiger partial charge in [0, 0.05) is 24.7 Å². The molecule has 0 radical (unpaired) electrons. The number of hydrogen-bond donors (Lipinski definition) is 2. The summed E-state index contributed by atoms with van der Waals surface area (Å²) in [5, 5.41) is 6.34. The molecule has 0 saturated carbocycles. The van der Waals surface area contributed by atoms with Gasteiger partial charge in [-0.15, -0.1) is 0 Å². The molecule has 0 aliphatic carbocycles. The van der Waals surface area contributed by atoms with Crippen LogP contribution in [0.15, 0.2) is 24.3 Å². The van der Waals surface area contributed by atoms with E-state index in [4.69, 9.17) is 0 Å². The van der Waals surface area contributed by atoms with Crippen LogP contribution in [0.25, 0.3) is 0 Å². The highest BCUT2D eigenvalue weighted by Gasteiger charge is 2.04. The number of rotatable bonds is 9. The van der Waals surface area contributed by atoms with Gasteiger partial charge in [0.25, 0.3) is 5.91 Å². The summed E-state index contributed by atoms with van der Waals surface area (Å²) < 4.78 is 0. The van der Waals surface area contributed by atoms with Gasteiger partial charge in [0.15, 0.2) is 0 Å². The van der Waals surface area contributed by atoms with Gasteiger partial charge < -0.3 is 10.6 Å². The molecule has 0 aliphatic rings. The first-order chi connectivity index (χ1) is 11.6. The predicted octanol–water partition coefficient (Wildman–Crippen LogP) is 5.55. The van der Waals surface area contributed by atoms with Crippen LogP contribution in [-0.4, -0.2) is 18.5 Å². The van der Waals surface area contributed by atoms with Gasteiger partial charge >= 0.3 is 0 Å². The van der Waals surface area contributed by atoms with Crippen LogP contribution in [0.4, 0.5) is 0 Å². The molecule has 0 aromatic heterocycles. The van der Waals surface area contributed by atoms with Gasteiger partial charge in [-0.1, -0.05) is 79.9 Å². The number of carbonyl (C=O) groups is 1. The fourth-order valence-electron chi connectivity index (χ4n) is 1.95. The van der Waals surface area contributed by atoms with Crippen molar-refractivity contribution in [2.75, 3.05) is 6.54 Å². The van der Waals surface area contributed by atoms with E-state index in [0.29, 0.717) is 6.04 Å². The Morgan fingerprint density at radius 3 is 2.04 bits per heavy atom. The van der Waals surface area contributed by atoms with Gasteiger partial charge in [-0.3, -0.25) is 4.79 Å². The Kier molecular flexibility index (Phi) is 18.7. The van der Waals surface area contributed by atoms with Crippen molar-refractivity contribution in [1.29, 1.82) is 0 Å². The summed E-state index contributed by atoms with van der Waals surface area (Å²) in [5.41, 5.74) is 1.95. The molecule has 0 bridgehead atoms. The summed E-state index contributed by atoms with van der Waals surface area (Å²) in [6.45, 7) is 16.1. The second-order valence-corrected chi connectivity index (χ2v) is 5.55. The van der Waals surface area contributed by atoms with Crippen LogP contribution >= 0.6 is 0 Å². The minimum absolute atomic E-state index is 0.0323. The topological polar surface area (TPSA) is 41.1 Å². The van der Waals surface area contributed by atoms with Crippen molar-refractivity contribution in [3.05, 3.63) is 35.4 Å². The number of nitrogens with one attached hydrogen (secondary N) is 2. The fourth-order valence-corrected chi connectivity index (χ4v) is 1.95. The summed E-state index contributed by atoms with van der Waals surface area (Å²) in [6.07, 6.45) is 4.72. The van der Waals surface area contributed by atoms with Crippen molar-refractivity contribution >= 4 is 5.91 Å². The van der Waals surface area contributed by atoms with Gasteiger partial charge in [0.05, 0.1) is 0 Å². The van der Waals surface area contributed by atoms with E-state index in [0.717, 1.165) is 25.1 Å². The molecule has 3 nitrogen and oxygen atoms in total. The van der Waals surface area contributed by atoms with Gasteiger partial charge in [0.1, 0.15) is 0 Å². The number of unbranched alkanes of at least 4 members (excludes halogenated alkanes) is 3. The van der Waals surface area contributed by atoms with Crippen molar-refractivity contribution in [1.82, 2.24) is 10.6 Å². The smallest absolute Gasteiger partial charge is 0.251 e. The van der Waals surface area contributed by atoms with E-state index in [2.05, 4.69) is 31.4 Å². The standard InChI is InChI=1S/C17H28N2O.2C2H6/c1-4-5-6-7-12-18-17(20)16-10-8-15(9-11-16)13-19-14(2)3;2*1-2/h8-11,14,19H,4-7,12-13H2,1-3H3,(H,18,20);2*1-2H3. The molecule has 0 saturated heterocycles. The van der Waals surface area contributed by atoms with Crippen LogP contribution in [0.3, 0.4) is 0 Å². The zero-order valence-corrected chi connectivity index (χ0v) is 17.0. The van der Waals surface area contributed by atoms with Crippen molar-refractivity contribution < 1.29 is 4.79 Å². The lowest BCUT2D eigenvalue weighted by atomic mass is 10.1. The summed E-state index contributed by atoms with van der Waals surface area (Å²) >= 11 is 0. The second-order valence-electron chi connectivity index (χ2n) is 5.55. The molecule has 0 atom stereocenters. The average molecular weight is 337 g/mol. The summed E-state index contributed by atoms with van der Waals surface area (Å²) in [5.74, 6) is 0.0323. The Hall–Kier alpha value is -1.35. The van der Waals surface area contributed by atoms with Crippen LogP contribution in [0.1, 0.15) is 90.1 Å². The first-order valence-corrected chi connectivity index (χ1v) is 9.74. The maximum atomic E-state index is 11.9. The zero-order valence-electron chi connectivity index (χ0n) is 17.0. The van der Waals surface area contributed by atoms with E-state index >= 15 is 0 Å². The molecular weight excluding hydrogens is 296 g/mol. The largest absolute Gasteiger partial charge is 0.352 e. The van der Waals surface area contributed by atoms with Crippen LogP contribution in [0.5, 0.6) is 0 Å². The van der Waals surface area contributed by atoms with Crippen LogP contribution in [0, 0.1) is 0 Å². The van der Waals surface area contributed by atoms with Crippen molar-refractivity contribution in [3.63, 3.8) is 0 Å². The lowest BCUT2D eigenvalue weighted by Crippen LogP contribution is -2.24. The normalized spacial score (nSPS) is 9.50. The third-order valence-corrected chi connectivity index (χ3v) is 3.25. The Labute approximate surface area is 150 Å². The minimum Gasteiger partial charge on any atom is -0.352 e. The highest BCUT2D eigenvalue weighted by atomic mass is 16.1. The van der Waals surface area contributed by atoms with Gasteiger partial charge in [0.2, 0.25) is 0 Å². The Morgan fingerprint density at radius 2 is 1.54 bits per heavy atom. The molecule has 2 N–H and O–H groups in total. The van der Waals surface area contributed by atoms with Crippen molar-refractivity contribution in [2.45, 2.75) is 86.7 Å². The minimum atomic E-state index is 0.0323. The molecule has 24 heavy (non-hydrogen) atoms. The number of amides is 1. The second kappa shape index (κ2) is 18.0. The van der Waals surface area contributed by atoms with Crippen molar-refractivity contribution in [3.8, 4) is 0 Å². The summed E-state index contributed by atoms with van der Waals surface area (Å²) in [6, 6.07) is 8.31. The van der Waals surface area contributed by atoms with E-state index in [9.17, 15) is 4.79 Å². The number of hydrogen-bond acceptors (Lipinski definition) is 2. The Morgan fingerprint density at radius 1 is 0.958 bits per heavy atom. The molecule has 0 fully saturated rings. The van der Waals surface area contributed by atoms with Gasteiger partial charge in [-0.2, -0.15) is 0 Å². The van der Waals surface area contributed by atoms with Crippen LogP contribution < -0.4 is 10.6 Å². The van der Waals surface area contributed by atoms with E-state index in [1.165, 1.54) is 24.8 Å². The SMILES string of the molecule is CC.CC.CCCCCCNC(=O)c1ccc(CNC(C)C)cc1. The third-order valence-electron chi connectivity index (χ3n) is 3.25. The third kappa shape index (κ3) is 13.1. The van der Waals surface area contributed by atoms with Gasteiger partial charge in [-0.05, 0) is 24.1 Å². The molecule has 0 unspecified atom stereocenters. The zero-order chi connectivity index (χ0) is 18.8. The molecule has 140 valence electrons.